The van der Waals surface area contributed by atoms with E-state index in [0.717, 1.165) is 41.3 Å². The number of hydrogen-bond acceptors (Lipinski definition) is 3. The van der Waals surface area contributed by atoms with Crippen molar-refractivity contribution in [1.82, 2.24) is 0 Å². The molecule has 4 heteroatoms. The minimum Gasteiger partial charge on any atom is -0.488 e. The fourth-order valence-corrected chi connectivity index (χ4v) is 3.62. The summed E-state index contributed by atoms with van der Waals surface area (Å²) in [6.07, 6.45) is 9.13. The molecule has 152 valence electrons. The van der Waals surface area contributed by atoms with Crippen molar-refractivity contribution < 1.29 is 9.15 Å². The van der Waals surface area contributed by atoms with Crippen LogP contribution in [0.1, 0.15) is 49.3 Å². The van der Waals surface area contributed by atoms with Crippen LogP contribution in [0.25, 0.3) is 17.0 Å². The summed E-state index contributed by atoms with van der Waals surface area (Å²) in [6.45, 7) is 4.52. The van der Waals surface area contributed by atoms with Gasteiger partial charge in [0, 0.05) is 17.0 Å². The number of unbranched alkanes of at least 4 members (excludes halogenated alkanes) is 3. The van der Waals surface area contributed by atoms with Crippen LogP contribution in [0, 0.1) is 6.92 Å². The zero-order chi connectivity index (χ0) is 20.6. The number of rotatable bonds is 9. The lowest BCUT2D eigenvalue weighted by atomic mass is 10.0. The van der Waals surface area contributed by atoms with E-state index < -0.39 is 0 Å². The lowest BCUT2D eigenvalue weighted by Crippen LogP contribution is -2.10. The van der Waals surface area contributed by atoms with E-state index in [2.05, 4.69) is 6.92 Å². The molecule has 0 unspecified atom stereocenters. The molecule has 3 nitrogen and oxygen atoms in total. The molecule has 0 spiro atoms. The predicted molar refractivity (Wildman–Crippen MR) is 121 cm³/mol. The zero-order valence-corrected chi connectivity index (χ0v) is 17.8. The molecule has 0 aliphatic heterocycles. The largest absolute Gasteiger partial charge is 0.488 e. The Kier molecular flexibility index (Phi) is 7.54. The SMILES string of the molecule is CCCCCCc1c(C)c2cc(Cl)c(OC/C=C/c3ccccc3)cc2oc1=O. The van der Waals surface area contributed by atoms with Gasteiger partial charge in [-0.05, 0) is 43.0 Å². The van der Waals surface area contributed by atoms with Crippen molar-refractivity contribution >= 4 is 28.6 Å². The van der Waals surface area contributed by atoms with Crippen LogP contribution in [0.2, 0.25) is 5.02 Å². The molecule has 1 aromatic heterocycles. The average molecular weight is 411 g/mol. The normalized spacial score (nSPS) is 11.4. The van der Waals surface area contributed by atoms with Crippen molar-refractivity contribution in [3.8, 4) is 5.75 Å². The van der Waals surface area contributed by atoms with E-state index in [4.69, 9.17) is 20.8 Å². The molecule has 0 amide bonds. The van der Waals surface area contributed by atoms with Gasteiger partial charge in [0.05, 0.1) is 5.02 Å². The van der Waals surface area contributed by atoms with Gasteiger partial charge in [-0.3, -0.25) is 0 Å². The first-order chi connectivity index (χ1) is 14.1. The third-order valence-corrected chi connectivity index (χ3v) is 5.36. The summed E-state index contributed by atoms with van der Waals surface area (Å²) in [4.78, 5) is 12.5. The van der Waals surface area contributed by atoms with Crippen LogP contribution < -0.4 is 10.4 Å². The molecular weight excluding hydrogens is 384 g/mol. The van der Waals surface area contributed by atoms with Gasteiger partial charge < -0.3 is 9.15 Å². The Labute approximate surface area is 177 Å². The summed E-state index contributed by atoms with van der Waals surface area (Å²) >= 11 is 6.44. The topological polar surface area (TPSA) is 39.4 Å². The van der Waals surface area contributed by atoms with Gasteiger partial charge in [0.2, 0.25) is 0 Å². The first-order valence-electron chi connectivity index (χ1n) is 10.2. The maximum Gasteiger partial charge on any atom is 0.339 e. The Hall–Kier alpha value is -2.52. The fraction of sp³-hybridized carbons (Fsp3) is 0.320. The van der Waals surface area contributed by atoms with E-state index in [9.17, 15) is 4.79 Å². The highest BCUT2D eigenvalue weighted by Crippen LogP contribution is 2.32. The highest BCUT2D eigenvalue weighted by molar-refractivity contribution is 6.32. The molecule has 0 bridgehead atoms. The first kappa shape index (κ1) is 21.2. The van der Waals surface area contributed by atoms with Crippen molar-refractivity contribution in [2.75, 3.05) is 6.61 Å². The summed E-state index contributed by atoms with van der Waals surface area (Å²) in [7, 11) is 0. The van der Waals surface area contributed by atoms with E-state index in [0.29, 0.717) is 23.0 Å². The molecule has 0 saturated heterocycles. The van der Waals surface area contributed by atoms with Crippen molar-refractivity contribution in [1.29, 1.82) is 0 Å². The number of hydrogen-bond donors (Lipinski definition) is 0. The molecule has 0 radical (unpaired) electrons. The smallest absolute Gasteiger partial charge is 0.339 e. The van der Waals surface area contributed by atoms with Gasteiger partial charge in [-0.1, -0.05) is 74.2 Å². The Morgan fingerprint density at radius 3 is 2.66 bits per heavy atom. The Balaban J connectivity index is 1.76. The first-order valence-corrected chi connectivity index (χ1v) is 10.6. The molecule has 1 heterocycles. The summed E-state index contributed by atoms with van der Waals surface area (Å²) in [6, 6.07) is 13.6. The van der Waals surface area contributed by atoms with Gasteiger partial charge in [0.1, 0.15) is 17.9 Å². The molecule has 0 aliphatic rings. The van der Waals surface area contributed by atoms with Gasteiger partial charge in [-0.25, -0.2) is 4.79 Å². The summed E-state index contributed by atoms with van der Waals surface area (Å²) in [5, 5.41) is 1.38. The van der Waals surface area contributed by atoms with Crippen LogP contribution in [-0.4, -0.2) is 6.61 Å². The molecule has 2 aromatic carbocycles. The van der Waals surface area contributed by atoms with E-state index in [1.165, 1.54) is 12.8 Å². The summed E-state index contributed by atoms with van der Waals surface area (Å²) in [5.41, 5.74) is 3.06. The van der Waals surface area contributed by atoms with Gasteiger partial charge >= 0.3 is 5.63 Å². The number of aryl methyl sites for hydroxylation is 1. The quantitative estimate of drug-likeness (QED) is 0.282. The molecule has 3 aromatic rings. The molecule has 0 N–H and O–H groups in total. The number of ether oxygens (including phenoxy) is 1. The molecule has 0 aliphatic carbocycles. The fourth-order valence-electron chi connectivity index (χ4n) is 3.40. The molecule has 29 heavy (non-hydrogen) atoms. The second kappa shape index (κ2) is 10.3. The highest BCUT2D eigenvalue weighted by Gasteiger charge is 2.14. The zero-order valence-electron chi connectivity index (χ0n) is 17.0. The number of fused-ring (bicyclic) bond motifs is 1. The minimum absolute atomic E-state index is 0.260. The number of benzene rings is 2. The van der Waals surface area contributed by atoms with Gasteiger partial charge in [0.25, 0.3) is 0 Å². The van der Waals surface area contributed by atoms with Crippen LogP contribution in [-0.2, 0) is 6.42 Å². The van der Waals surface area contributed by atoms with Crippen molar-refractivity contribution in [3.63, 3.8) is 0 Å². The van der Waals surface area contributed by atoms with Crippen LogP contribution in [0.3, 0.4) is 0 Å². The standard InChI is InChI=1S/C25H27ClO3/c1-3-4-5-9-14-20-18(2)21-16-22(26)24(17-23(21)29-25(20)27)28-15-10-13-19-11-7-6-8-12-19/h6-8,10-13,16-17H,3-5,9,14-15H2,1-2H3/b13-10+. The molecule has 0 saturated carbocycles. The Morgan fingerprint density at radius 2 is 1.90 bits per heavy atom. The van der Waals surface area contributed by atoms with Gasteiger partial charge in [-0.2, -0.15) is 0 Å². The van der Waals surface area contributed by atoms with Crippen LogP contribution >= 0.6 is 11.6 Å². The van der Waals surface area contributed by atoms with Crippen molar-refractivity contribution in [3.05, 3.63) is 80.7 Å². The molecule has 0 fully saturated rings. The second-order valence-corrected chi connectivity index (χ2v) is 7.61. The van der Waals surface area contributed by atoms with Gasteiger partial charge in [-0.15, -0.1) is 0 Å². The Bertz CT molecular complexity index is 1040. The van der Waals surface area contributed by atoms with Crippen molar-refractivity contribution in [2.24, 2.45) is 0 Å². The molecular formula is C25H27ClO3. The van der Waals surface area contributed by atoms with Crippen molar-refractivity contribution in [2.45, 2.75) is 46.0 Å². The predicted octanol–water partition coefficient (Wildman–Crippen LogP) is 6.97. The second-order valence-electron chi connectivity index (χ2n) is 7.21. The molecule has 3 rings (SSSR count). The minimum atomic E-state index is -0.260. The third kappa shape index (κ3) is 5.51. The third-order valence-electron chi connectivity index (χ3n) is 5.07. The lowest BCUT2D eigenvalue weighted by molar-refractivity contribution is 0.363. The average Bonchev–Trinajstić information content (AvgIpc) is 2.72. The Morgan fingerprint density at radius 1 is 1.10 bits per heavy atom. The van der Waals surface area contributed by atoms with E-state index in [1.807, 2.05) is 55.5 Å². The summed E-state index contributed by atoms with van der Waals surface area (Å²) in [5.74, 6) is 0.509. The van der Waals surface area contributed by atoms with Gasteiger partial charge in [0.15, 0.2) is 0 Å². The lowest BCUT2D eigenvalue weighted by Gasteiger charge is -2.11. The van der Waals surface area contributed by atoms with E-state index >= 15 is 0 Å². The number of halogens is 1. The maximum absolute atomic E-state index is 12.5. The monoisotopic (exact) mass is 410 g/mol. The summed E-state index contributed by atoms with van der Waals surface area (Å²) < 4.78 is 11.4. The highest BCUT2D eigenvalue weighted by atomic mass is 35.5. The van der Waals surface area contributed by atoms with Crippen LogP contribution in [0.15, 0.2) is 57.8 Å². The van der Waals surface area contributed by atoms with E-state index in [-0.39, 0.29) is 5.63 Å². The molecule has 0 atom stereocenters. The van der Waals surface area contributed by atoms with Crippen LogP contribution in [0.5, 0.6) is 5.75 Å². The maximum atomic E-state index is 12.5. The van der Waals surface area contributed by atoms with E-state index in [1.54, 1.807) is 6.07 Å². The van der Waals surface area contributed by atoms with Crippen LogP contribution in [0.4, 0.5) is 0 Å².